The van der Waals surface area contributed by atoms with Crippen LogP contribution in [0.4, 0.5) is 4.79 Å². The minimum atomic E-state index is -1.75. The Bertz CT molecular complexity index is 2490. The van der Waals surface area contributed by atoms with E-state index in [2.05, 4.69) is 37.4 Å². The monoisotopic (exact) mass is 1160 g/mol. The highest BCUT2D eigenvalue weighted by molar-refractivity contribution is 6.26. The Balaban J connectivity index is 1.00. The van der Waals surface area contributed by atoms with Crippen LogP contribution < -0.4 is 11.1 Å². The lowest BCUT2D eigenvalue weighted by Crippen LogP contribution is -2.66. The number of fused-ring (bicyclic) bond motifs is 4. The quantitative estimate of drug-likeness (QED) is 0.0789. The Morgan fingerprint density at radius 1 is 0.744 bits per heavy atom. The van der Waals surface area contributed by atoms with E-state index in [1.807, 2.05) is 47.6 Å². The first-order chi connectivity index (χ1) is 38.6. The topological polar surface area (TPSA) is 292 Å². The van der Waals surface area contributed by atoms with Crippen LogP contribution >= 0.6 is 0 Å². The molecule has 9 aliphatic rings. The summed E-state index contributed by atoms with van der Waals surface area (Å²) in [6.45, 7) is 20.6. The molecule has 5 saturated heterocycles. The fraction of sp³-hybridized carbons (Fsp3) is 0.787. The molecule has 5 heterocycles. The maximum absolute atomic E-state index is 15.6. The normalized spacial score (nSPS) is 48.1. The van der Waals surface area contributed by atoms with Crippen LogP contribution in [0.3, 0.4) is 0 Å². The average molecular weight is 1160 g/mol. The second-order valence-electron chi connectivity index (χ2n) is 25.8. The number of aliphatic hydroxyl groups is 5. The second-order valence-corrected chi connectivity index (χ2v) is 25.8. The highest BCUT2D eigenvalue weighted by Crippen LogP contribution is 2.61. The Labute approximate surface area is 482 Å². The molecule has 27 unspecified atom stereocenters. The molecule has 460 valence electrons. The Morgan fingerprint density at radius 3 is 2.00 bits per heavy atom. The molecule has 0 aromatic rings. The fourth-order valence-electron chi connectivity index (χ4n) is 15.7. The van der Waals surface area contributed by atoms with Gasteiger partial charge in [0.05, 0.1) is 74.7 Å². The molecule has 4 aliphatic carbocycles. The van der Waals surface area contributed by atoms with E-state index in [1.165, 1.54) is 14.2 Å². The van der Waals surface area contributed by atoms with Crippen molar-refractivity contribution in [2.24, 2.45) is 52.6 Å². The zero-order chi connectivity index (χ0) is 59.7. The number of aliphatic hydroxyl groups excluding tert-OH is 5. The largest absolute Gasteiger partial charge is 0.511 e. The van der Waals surface area contributed by atoms with Gasteiger partial charge in [-0.15, -0.1) is 0 Å². The molecule has 2 bridgehead atoms. The first-order valence-electron chi connectivity index (χ1n) is 29.7. The van der Waals surface area contributed by atoms with Crippen molar-refractivity contribution in [3.8, 4) is 0 Å². The number of hydrogen-bond donors (Lipinski definition) is 7. The maximum Gasteiger partial charge on any atom is 0.407 e. The molecule has 8 N–H and O–H groups in total. The summed E-state index contributed by atoms with van der Waals surface area (Å²) in [6.07, 6.45) is -1.16. The summed E-state index contributed by atoms with van der Waals surface area (Å²) in [7, 11) is 2.79. The summed E-state index contributed by atoms with van der Waals surface area (Å²) in [4.78, 5) is 42.6. The molecule has 5 aliphatic heterocycles. The van der Waals surface area contributed by atoms with E-state index < -0.39 is 157 Å². The van der Waals surface area contributed by atoms with E-state index in [4.69, 9.17) is 57.8 Å². The first-order valence-corrected chi connectivity index (χ1v) is 29.7. The van der Waals surface area contributed by atoms with Crippen molar-refractivity contribution >= 4 is 17.8 Å². The zero-order valence-corrected chi connectivity index (χ0v) is 49.9. The van der Waals surface area contributed by atoms with Gasteiger partial charge in [-0.05, 0) is 96.1 Å². The Hall–Kier alpha value is -3.65. The van der Waals surface area contributed by atoms with Crippen LogP contribution in [0.25, 0.3) is 0 Å². The smallest absolute Gasteiger partial charge is 0.407 e. The van der Waals surface area contributed by atoms with E-state index in [0.29, 0.717) is 24.0 Å². The highest BCUT2D eigenvalue weighted by atomic mass is 16.7. The molecule has 0 aromatic carbocycles. The predicted molar refractivity (Wildman–Crippen MR) is 295 cm³/mol. The maximum atomic E-state index is 15.6. The number of carbonyl (C=O) groups excluding carboxylic acids is 3. The lowest BCUT2D eigenvalue weighted by molar-refractivity contribution is -0.335. The molecule has 1 saturated carbocycles. The number of ether oxygens (including phenoxy) is 11. The number of allylic oxidation sites excluding steroid dienone is 3. The number of nitrogens with one attached hydrogen (secondary N) is 1. The van der Waals surface area contributed by atoms with Gasteiger partial charge in [0.15, 0.2) is 30.8 Å². The number of alkyl carbamates (subject to hydrolysis) is 1. The van der Waals surface area contributed by atoms with E-state index >= 15 is 4.79 Å². The Kier molecular flexibility index (Phi) is 18.9. The fourth-order valence-corrected chi connectivity index (χ4v) is 15.7. The number of Topliss-reactive ketones (excluding diaryl/α,β-unsaturated/α-hetero) is 1. The second kappa shape index (κ2) is 24.6. The van der Waals surface area contributed by atoms with Crippen molar-refractivity contribution < 1.29 is 92.0 Å². The standard InChI is InChI=1S/C61H92N2O19/c1-27-14-17-42(78-47-25-59(10,62)54(35(9)77-47)63-58(71)73-13)28(2)19-37-20-36(26-64)31(5)24-61(37)56(69)48(57(70)82-61)55(68)60(11)39(27)16-15-38-49(60)29(3)18-30(4)51(38)80-46-23-43(50(67)32(6)74-46)79-44-22-41(66)53(34(8)76-44)81-45-21-40(65)52(72-12)33(7)75-45/h14-16,19-20,29-35,37-47,49-54,64-68H,17-18,21-26,62H2,1-13H3,(H,63,71). The number of ketones is 1. The third-order valence-corrected chi connectivity index (χ3v) is 19.9. The van der Waals surface area contributed by atoms with E-state index in [-0.39, 0.29) is 73.7 Å². The summed E-state index contributed by atoms with van der Waals surface area (Å²) >= 11 is 0. The number of methoxy groups -OCH3 is 2. The summed E-state index contributed by atoms with van der Waals surface area (Å²) in [5.74, 6) is -4.54. The highest BCUT2D eigenvalue weighted by Gasteiger charge is 2.64. The number of carbonyl (C=O) groups is 3. The van der Waals surface area contributed by atoms with Gasteiger partial charge in [0.1, 0.15) is 29.6 Å². The lowest BCUT2D eigenvalue weighted by Gasteiger charge is -2.56. The summed E-state index contributed by atoms with van der Waals surface area (Å²) < 4.78 is 68.4. The van der Waals surface area contributed by atoms with Crippen molar-refractivity contribution in [1.29, 1.82) is 0 Å². The molecule has 1 spiro atoms. The zero-order valence-electron chi connectivity index (χ0n) is 49.9. The van der Waals surface area contributed by atoms with Gasteiger partial charge in [-0.1, -0.05) is 63.6 Å². The van der Waals surface area contributed by atoms with E-state index in [1.54, 1.807) is 26.8 Å². The van der Waals surface area contributed by atoms with Gasteiger partial charge in [0.2, 0.25) is 5.78 Å². The van der Waals surface area contributed by atoms with E-state index in [9.17, 15) is 35.1 Å². The molecule has 21 nitrogen and oxygen atoms in total. The summed E-state index contributed by atoms with van der Waals surface area (Å²) in [6, 6.07) is -0.595. The number of hydrogen-bond acceptors (Lipinski definition) is 20. The molecule has 0 radical (unpaired) electrons. The third kappa shape index (κ3) is 11.8. The van der Waals surface area contributed by atoms with Crippen LogP contribution in [0.5, 0.6) is 0 Å². The van der Waals surface area contributed by atoms with Crippen molar-refractivity contribution in [2.75, 3.05) is 20.8 Å². The molecule has 82 heavy (non-hydrogen) atoms. The molecule has 0 aromatic heterocycles. The molecule has 6 fully saturated rings. The van der Waals surface area contributed by atoms with Crippen molar-refractivity contribution in [3.63, 3.8) is 0 Å². The van der Waals surface area contributed by atoms with Crippen LogP contribution in [-0.4, -0.2) is 180 Å². The van der Waals surface area contributed by atoms with Gasteiger partial charge >= 0.3 is 12.1 Å². The van der Waals surface area contributed by atoms with Gasteiger partial charge in [-0.2, -0.15) is 0 Å². The van der Waals surface area contributed by atoms with Gasteiger partial charge in [0.25, 0.3) is 0 Å². The molecule has 27 atom stereocenters. The summed E-state index contributed by atoms with van der Waals surface area (Å²) in [5, 5.41) is 60.3. The van der Waals surface area contributed by atoms with Crippen LogP contribution in [0.1, 0.15) is 121 Å². The molecular formula is C61H92N2O19. The SMILES string of the molecule is COC(=O)NC1C(C)OC(OC2CC=C(C)C3C=CC4C(OC5CC(OC6CC(O)C(OC7CC(O)C(OC)C(C)O7)C(C)O6)C(O)C(C)O5)C(C)CC(C)C4C3(C)C(O)=C3C(=O)OC4(CC(C)C(CO)=CC4C=C2C)C3=O)CC1(C)N. The average Bonchev–Trinajstić information content (AvgIpc) is 3.56. The van der Waals surface area contributed by atoms with Crippen LogP contribution in [0, 0.1) is 46.8 Å². The molecule has 1 amide bonds. The van der Waals surface area contributed by atoms with Crippen molar-refractivity contribution in [3.05, 3.63) is 58.4 Å². The number of amides is 1. The molecule has 21 heteroatoms. The minimum absolute atomic E-state index is 0.0320. The number of rotatable bonds is 11. The van der Waals surface area contributed by atoms with Gasteiger partial charge in [-0.3, -0.25) is 4.79 Å². The predicted octanol–water partition coefficient (Wildman–Crippen LogP) is 5.25. The van der Waals surface area contributed by atoms with Crippen LogP contribution in [-0.2, 0) is 61.7 Å². The molecule has 9 rings (SSSR count). The van der Waals surface area contributed by atoms with Gasteiger partial charge < -0.3 is 88.7 Å². The van der Waals surface area contributed by atoms with Gasteiger partial charge in [0, 0.05) is 67.9 Å². The third-order valence-electron chi connectivity index (χ3n) is 19.9. The number of esters is 1. The van der Waals surface area contributed by atoms with Gasteiger partial charge in [-0.25, -0.2) is 9.59 Å². The number of nitrogens with two attached hydrogens (primary N) is 1. The van der Waals surface area contributed by atoms with Crippen molar-refractivity contribution in [2.45, 2.75) is 237 Å². The molecular weight excluding hydrogens is 1060 g/mol. The van der Waals surface area contributed by atoms with E-state index in [0.717, 1.165) is 5.57 Å². The minimum Gasteiger partial charge on any atom is -0.511 e. The van der Waals surface area contributed by atoms with Crippen LogP contribution in [0.15, 0.2) is 58.4 Å². The lowest BCUT2D eigenvalue weighted by atomic mass is 9.49. The summed E-state index contributed by atoms with van der Waals surface area (Å²) in [5.41, 5.74) is 4.75. The van der Waals surface area contributed by atoms with Crippen molar-refractivity contribution in [1.82, 2.24) is 5.32 Å². The Morgan fingerprint density at radius 2 is 1.37 bits per heavy atom. The first kappa shape index (κ1) is 62.9. The van der Waals surface area contributed by atoms with Crippen LogP contribution in [0.2, 0.25) is 0 Å².